The monoisotopic (exact) mass is 610 g/mol. The number of benzene rings is 1. The number of rotatable bonds is 11. The van der Waals surface area contributed by atoms with Crippen molar-refractivity contribution in [1.29, 1.82) is 0 Å². The van der Waals surface area contributed by atoms with Gasteiger partial charge in [0.2, 0.25) is 5.91 Å². The standard InChI is InChI=1S/C28H33ClF2N4O5S/c1-34(28(10-3-11-28)17-4-2-5-17)20(15-32-26(38)22-8-9-23(29)41-22)25(37)33-19-7-6-18(14-21(19)40-27(30)31)35-12-13-39-16-24(35)36/h6-9,14,17,20,27H,2-5,10-13,15-16H2,1H3,(H,32,38)(H,33,37)/t20-/m1/s1. The van der Waals surface area contributed by atoms with Gasteiger partial charge in [0, 0.05) is 30.4 Å². The summed E-state index contributed by atoms with van der Waals surface area (Å²) in [7, 11) is 1.90. The van der Waals surface area contributed by atoms with E-state index in [0.717, 1.165) is 49.9 Å². The first-order chi connectivity index (χ1) is 19.7. The summed E-state index contributed by atoms with van der Waals surface area (Å²) in [5.74, 6) is -0.910. The molecule has 1 atom stereocenters. The molecule has 2 aliphatic carbocycles. The highest BCUT2D eigenvalue weighted by Crippen LogP contribution is 2.51. The number of nitrogens with one attached hydrogen (secondary N) is 2. The molecular formula is C28H33ClF2N4O5S. The molecule has 0 spiro atoms. The summed E-state index contributed by atoms with van der Waals surface area (Å²) in [5.41, 5.74) is 0.252. The smallest absolute Gasteiger partial charge is 0.387 e. The van der Waals surface area contributed by atoms with Gasteiger partial charge in [0.05, 0.1) is 21.5 Å². The van der Waals surface area contributed by atoms with Gasteiger partial charge in [-0.1, -0.05) is 18.0 Å². The minimum absolute atomic E-state index is 0.0105. The van der Waals surface area contributed by atoms with E-state index in [2.05, 4.69) is 15.5 Å². The summed E-state index contributed by atoms with van der Waals surface area (Å²) in [6, 6.07) is 6.80. The number of likely N-dealkylation sites (N-methyl/N-ethyl adjacent to an activating group) is 1. The molecule has 13 heteroatoms. The van der Waals surface area contributed by atoms with Crippen molar-refractivity contribution in [2.75, 3.05) is 43.6 Å². The molecule has 0 radical (unpaired) electrons. The molecule has 9 nitrogen and oxygen atoms in total. The lowest BCUT2D eigenvalue weighted by molar-refractivity contribution is -0.129. The summed E-state index contributed by atoms with van der Waals surface area (Å²) in [6.07, 6.45) is 6.30. The van der Waals surface area contributed by atoms with E-state index >= 15 is 0 Å². The summed E-state index contributed by atoms with van der Waals surface area (Å²) in [5, 5.41) is 5.63. The Labute approximate surface area is 246 Å². The molecule has 3 fully saturated rings. The van der Waals surface area contributed by atoms with Crippen LogP contribution in [0.3, 0.4) is 0 Å². The SMILES string of the molecule is CN([C@H](CNC(=O)c1ccc(Cl)s1)C(=O)Nc1ccc(N2CCOCC2=O)cc1OC(F)F)C1(C2CCC2)CCC1. The van der Waals surface area contributed by atoms with Gasteiger partial charge in [-0.2, -0.15) is 8.78 Å². The summed E-state index contributed by atoms with van der Waals surface area (Å²) >= 11 is 7.14. The van der Waals surface area contributed by atoms with Crippen LogP contribution in [0.1, 0.15) is 48.2 Å². The molecule has 0 bridgehead atoms. The average molecular weight is 611 g/mol. The molecule has 2 aromatic rings. The van der Waals surface area contributed by atoms with Crippen molar-refractivity contribution in [1.82, 2.24) is 10.2 Å². The minimum Gasteiger partial charge on any atom is -0.433 e. The van der Waals surface area contributed by atoms with Gasteiger partial charge in [-0.3, -0.25) is 19.3 Å². The maximum absolute atomic E-state index is 13.9. The lowest BCUT2D eigenvalue weighted by Gasteiger charge is -2.58. The molecule has 3 aliphatic rings. The molecule has 1 aromatic heterocycles. The number of carbonyl (C=O) groups excluding carboxylic acids is 3. The highest BCUT2D eigenvalue weighted by Gasteiger charge is 2.51. The maximum atomic E-state index is 13.9. The second-order valence-electron chi connectivity index (χ2n) is 10.7. The number of ether oxygens (including phenoxy) is 2. The number of hydrogen-bond donors (Lipinski definition) is 2. The number of carbonyl (C=O) groups is 3. The highest BCUT2D eigenvalue weighted by molar-refractivity contribution is 7.18. The lowest BCUT2D eigenvalue weighted by atomic mass is 9.59. The third kappa shape index (κ3) is 6.35. The van der Waals surface area contributed by atoms with Crippen LogP contribution in [0, 0.1) is 5.92 Å². The number of anilines is 2. The minimum atomic E-state index is -3.14. The number of thiophene rings is 1. The predicted molar refractivity (Wildman–Crippen MR) is 152 cm³/mol. The number of amides is 3. The average Bonchev–Trinajstić information content (AvgIpc) is 3.32. The van der Waals surface area contributed by atoms with E-state index in [9.17, 15) is 23.2 Å². The van der Waals surface area contributed by atoms with Crippen molar-refractivity contribution in [2.24, 2.45) is 5.92 Å². The first kappa shape index (κ1) is 29.7. The first-order valence-corrected chi connectivity index (χ1v) is 14.9. The first-order valence-electron chi connectivity index (χ1n) is 13.7. The van der Waals surface area contributed by atoms with Crippen LogP contribution in [0.2, 0.25) is 4.34 Å². The predicted octanol–water partition coefficient (Wildman–Crippen LogP) is 4.76. The molecule has 1 saturated heterocycles. The van der Waals surface area contributed by atoms with Gasteiger partial charge >= 0.3 is 6.61 Å². The van der Waals surface area contributed by atoms with Crippen LogP contribution < -0.4 is 20.3 Å². The van der Waals surface area contributed by atoms with Crippen LogP contribution in [-0.4, -0.2) is 74.2 Å². The van der Waals surface area contributed by atoms with Crippen LogP contribution in [0.25, 0.3) is 0 Å². The van der Waals surface area contributed by atoms with Gasteiger partial charge in [-0.25, -0.2) is 0 Å². The van der Waals surface area contributed by atoms with Gasteiger partial charge in [-0.15, -0.1) is 11.3 Å². The van der Waals surface area contributed by atoms with Gasteiger partial charge < -0.3 is 25.0 Å². The molecule has 2 heterocycles. The van der Waals surface area contributed by atoms with E-state index < -0.39 is 18.6 Å². The second-order valence-corrected chi connectivity index (χ2v) is 12.4. The second kappa shape index (κ2) is 12.6. The van der Waals surface area contributed by atoms with Crippen molar-refractivity contribution in [3.8, 4) is 5.75 Å². The van der Waals surface area contributed by atoms with Crippen molar-refractivity contribution >= 4 is 52.0 Å². The zero-order chi connectivity index (χ0) is 29.1. The number of halogens is 3. The molecule has 1 aliphatic heterocycles. The Balaban J connectivity index is 1.39. The molecule has 2 N–H and O–H groups in total. The number of morpholine rings is 1. The Kier molecular flexibility index (Phi) is 9.12. The summed E-state index contributed by atoms with van der Waals surface area (Å²) in [6.45, 7) is -2.66. The quantitative estimate of drug-likeness (QED) is 0.381. The van der Waals surface area contributed by atoms with Gasteiger partial charge in [-0.05, 0) is 69.3 Å². The van der Waals surface area contributed by atoms with E-state index in [1.165, 1.54) is 17.0 Å². The highest BCUT2D eigenvalue weighted by atomic mass is 35.5. The molecular weight excluding hydrogens is 578 g/mol. The fourth-order valence-electron chi connectivity index (χ4n) is 5.94. The number of hydrogen-bond acceptors (Lipinski definition) is 7. The van der Waals surface area contributed by atoms with Crippen molar-refractivity contribution in [2.45, 2.75) is 56.7 Å². The molecule has 3 amide bonds. The largest absolute Gasteiger partial charge is 0.433 e. The van der Waals surface area contributed by atoms with Gasteiger partial charge in [0.25, 0.3) is 11.8 Å². The van der Waals surface area contributed by atoms with Crippen LogP contribution in [0.4, 0.5) is 20.2 Å². The van der Waals surface area contributed by atoms with Crippen molar-refractivity contribution in [3.05, 3.63) is 39.5 Å². The topological polar surface area (TPSA) is 100 Å². The van der Waals surface area contributed by atoms with Gasteiger partial charge in [0.1, 0.15) is 12.6 Å². The van der Waals surface area contributed by atoms with E-state index in [1.807, 2.05) is 7.05 Å². The lowest BCUT2D eigenvalue weighted by Crippen LogP contribution is -2.65. The van der Waals surface area contributed by atoms with Crippen LogP contribution in [0.15, 0.2) is 30.3 Å². The summed E-state index contributed by atoms with van der Waals surface area (Å²) in [4.78, 5) is 42.9. The Morgan fingerprint density at radius 1 is 1.24 bits per heavy atom. The van der Waals surface area contributed by atoms with Crippen molar-refractivity contribution in [3.63, 3.8) is 0 Å². The molecule has 0 unspecified atom stereocenters. The van der Waals surface area contributed by atoms with Crippen LogP contribution in [-0.2, 0) is 14.3 Å². The van der Waals surface area contributed by atoms with Crippen LogP contribution in [0.5, 0.6) is 5.75 Å². The maximum Gasteiger partial charge on any atom is 0.387 e. The van der Waals surface area contributed by atoms with Crippen molar-refractivity contribution < 1.29 is 32.6 Å². The molecule has 1 aromatic carbocycles. The molecule has 222 valence electrons. The Morgan fingerprint density at radius 3 is 2.61 bits per heavy atom. The number of nitrogens with zero attached hydrogens (tertiary/aromatic N) is 2. The Hall–Kier alpha value is -2.80. The number of alkyl halides is 2. The van der Waals surface area contributed by atoms with Crippen LogP contribution >= 0.6 is 22.9 Å². The van der Waals surface area contributed by atoms with E-state index in [4.69, 9.17) is 21.1 Å². The Bertz CT molecular complexity index is 1290. The summed E-state index contributed by atoms with van der Waals surface area (Å²) < 4.78 is 37.2. The van der Waals surface area contributed by atoms with E-state index in [0.29, 0.717) is 27.4 Å². The van der Waals surface area contributed by atoms with Gasteiger partial charge in [0.15, 0.2) is 5.75 Å². The Morgan fingerprint density at radius 2 is 2.02 bits per heavy atom. The fourth-order valence-corrected chi connectivity index (χ4v) is 6.90. The third-order valence-corrected chi connectivity index (χ3v) is 9.78. The van der Waals surface area contributed by atoms with E-state index in [-0.39, 0.29) is 48.5 Å². The fraction of sp³-hybridized carbons (Fsp3) is 0.536. The molecule has 5 rings (SSSR count). The third-order valence-electron chi connectivity index (χ3n) is 8.55. The molecule has 41 heavy (non-hydrogen) atoms. The van der Waals surface area contributed by atoms with E-state index in [1.54, 1.807) is 18.2 Å². The zero-order valence-corrected chi connectivity index (χ0v) is 24.2. The normalized spacial score (nSPS) is 19.5. The zero-order valence-electron chi connectivity index (χ0n) is 22.7. The molecule has 2 saturated carbocycles.